The quantitative estimate of drug-likeness (QED) is 0.706. The second kappa shape index (κ2) is 7.62. The molecule has 29 heavy (non-hydrogen) atoms. The Kier molecular flexibility index (Phi) is 4.97. The fourth-order valence-electron chi connectivity index (χ4n) is 5.19. The monoisotopic (exact) mass is 401 g/mol. The summed E-state index contributed by atoms with van der Waals surface area (Å²) in [6.45, 7) is 1.94. The summed E-state index contributed by atoms with van der Waals surface area (Å²) in [6, 6.07) is 2.15. The maximum absolute atomic E-state index is 14.9. The highest BCUT2D eigenvalue weighted by Crippen LogP contribution is 2.45. The number of aromatic nitrogens is 4. The van der Waals surface area contributed by atoms with Crippen LogP contribution in [0.3, 0.4) is 0 Å². The zero-order valence-corrected chi connectivity index (χ0v) is 16.6. The number of aliphatic hydroxyl groups is 1. The van der Waals surface area contributed by atoms with E-state index in [0.717, 1.165) is 43.0 Å². The van der Waals surface area contributed by atoms with Crippen LogP contribution in [0.1, 0.15) is 42.5 Å². The van der Waals surface area contributed by atoms with Crippen molar-refractivity contribution in [3.05, 3.63) is 36.0 Å². The predicted octanol–water partition coefficient (Wildman–Crippen LogP) is 1.08. The van der Waals surface area contributed by atoms with Gasteiger partial charge in [-0.15, -0.1) is 0 Å². The summed E-state index contributed by atoms with van der Waals surface area (Å²) in [7, 11) is 1.87. The first-order valence-corrected chi connectivity index (χ1v) is 10.4. The van der Waals surface area contributed by atoms with Crippen molar-refractivity contribution < 1.29 is 9.50 Å². The first-order valence-electron chi connectivity index (χ1n) is 10.4. The maximum atomic E-state index is 14.9. The molecule has 9 heteroatoms. The molecule has 156 valence electrons. The van der Waals surface area contributed by atoms with Crippen molar-refractivity contribution in [3.8, 4) is 0 Å². The van der Waals surface area contributed by atoms with Crippen LogP contribution in [0.25, 0.3) is 0 Å². The number of hydrogen-bond acceptors (Lipinski definition) is 7. The normalized spacial score (nSPS) is 34.5. The van der Waals surface area contributed by atoms with Crippen LogP contribution in [0.15, 0.2) is 24.8 Å². The number of alkyl halides is 1. The minimum absolute atomic E-state index is 0.0182. The van der Waals surface area contributed by atoms with Gasteiger partial charge >= 0.3 is 0 Å². The number of nitrogens with zero attached hydrogens (tertiary/aromatic N) is 5. The zero-order chi connectivity index (χ0) is 20.0. The third-order valence-corrected chi connectivity index (χ3v) is 6.82. The standard InChI is InChI=1S/C20H28FN7O/c1-27-9-13(7-24-27)14-4-15-17(5-16(14)21)25-26-20(15)18-6-19(23-11-22-18)28-3-2-12(8-28)10-29/h6-7,9,11-12,14-17,20,25-26,29H,2-5,8,10H2,1H3/t12-,14?,15?,16?,17?,20?/m1/s1. The van der Waals surface area contributed by atoms with E-state index in [1.54, 1.807) is 17.2 Å². The Labute approximate surface area is 169 Å². The fourth-order valence-corrected chi connectivity index (χ4v) is 5.19. The van der Waals surface area contributed by atoms with E-state index in [-0.39, 0.29) is 30.5 Å². The van der Waals surface area contributed by atoms with Crippen LogP contribution in [0, 0.1) is 11.8 Å². The van der Waals surface area contributed by atoms with Crippen LogP contribution in [-0.4, -0.2) is 56.8 Å². The number of aryl methyl sites for hydroxylation is 1. The molecule has 1 aliphatic carbocycles. The lowest BCUT2D eigenvalue weighted by molar-refractivity contribution is 0.153. The third kappa shape index (κ3) is 3.51. The Balaban J connectivity index is 1.36. The number of rotatable bonds is 4. The molecule has 0 spiro atoms. The molecule has 5 unspecified atom stereocenters. The second-order valence-electron chi connectivity index (χ2n) is 8.66. The Morgan fingerprint density at radius 3 is 2.93 bits per heavy atom. The highest BCUT2D eigenvalue weighted by Gasteiger charge is 2.46. The summed E-state index contributed by atoms with van der Waals surface area (Å²) in [6.07, 6.45) is 6.66. The number of nitrogens with one attached hydrogen (secondary N) is 2. The lowest BCUT2D eigenvalue weighted by atomic mass is 9.72. The van der Waals surface area contributed by atoms with Gasteiger partial charge in [0.2, 0.25) is 0 Å². The van der Waals surface area contributed by atoms with Crippen molar-refractivity contribution in [2.45, 2.75) is 43.4 Å². The van der Waals surface area contributed by atoms with Crippen molar-refractivity contribution in [1.29, 1.82) is 0 Å². The smallest absolute Gasteiger partial charge is 0.132 e. The average Bonchev–Trinajstić information content (AvgIpc) is 3.46. The fraction of sp³-hybridized carbons (Fsp3) is 0.650. The molecule has 3 fully saturated rings. The molecule has 4 heterocycles. The van der Waals surface area contributed by atoms with Gasteiger partial charge in [0, 0.05) is 56.9 Å². The van der Waals surface area contributed by atoms with Crippen molar-refractivity contribution in [3.63, 3.8) is 0 Å². The van der Waals surface area contributed by atoms with Crippen LogP contribution in [0.4, 0.5) is 10.2 Å². The molecule has 6 atom stereocenters. The van der Waals surface area contributed by atoms with Gasteiger partial charge in [-0.2, -0.15) is 5.10 Å². The van der Waals surface area contributed by atoms with Gasteiger partial charge in [0.15, 0.2) is 0 Å². The van der Waals surface area contributed by atoms with Gasteiger partial charge in [-0.3, -0.25) is 10.1 Å². The number of fused-ring (bicyclic) bond motifs is 1. The van der Waals surface area contributed by atoms with Gasteiger partial charge in [0.25, 0.3) is 0 Å². The van der Waals surface area contributed by atoms with Crippen molar-refractivity contribution in [2.24, 2.45) is 18.9 Å². The van der Waals surface area contributed by atoms with E-state index in [2.05, 4.69) is 30.8 Å². The lowest BCUT2D eigenvalue weighted by Crippen LogP contribution is -2.39. The number of hydrogen-bond donors (Lipinski definition) is 3. The number of hydrazine groups is 1. The summed E-state index contributed by atoms with van der Waals surface area (Å²) < 4.78 is 16.6. The van der Waals surface area contributed by atoms with Crippen LogP contribution in [0.2, 0.25) is 0 Å². The highest BCUT2D eigenvalue weighted by molar-refractivity contribution is 5.41. The molecule has 0 amide bonds. The largest absolute Gasteiger partial charge is 0.396 e. The Morgan fingerprint density at radius 2 is 2.17 bits per heavy atom. The molecule has 2 saturated heterocycles. The molecular formula is C20H28FN7O. The predicted molar refractivity (Wildman–Crippen MR) is 106 cm³/mol. The minimum atomic E-state index is -0.880. The highest BCUT2D eigenvalue weighted by atomic mass is 19.1. The van der Waals surface area contributed by atoms with E-state index in [1.807, 2.05) is 19.3 Å². The van der Waals surface area contributed by atoms with E-state index in [4.69, 9.17) is 0 Å². The third-order valence-electron chi connectivity index (χ3n) is 6.82. The van der Waals surface area contributed by atoms with Crippen LogP contribution in [-0.2, 0) is 7.05 Å². The summed E-state index contributed by atoms with van der Waals surface area (Å²) in [5, 5.41) is 13.6. The summed E-state index contributed by atoms with van der Waals surface area (Å²) in [4.78, 5) is 11.2. The number of anilines is 1. The molecule has 0 aromatic carbocycles. The summed E-state index contributed by atoms with van der Waals surface area (Å²) in [5.41, 5.74) is 8.57. The van der Waals surface area contributed by atoms with Gasteiger partial charge in [-0.05, 0) is 30.7 Å². The first-order chi connectivity index (χ1) is 14.1. The Bertz CT molecular complexity index is 861. The van der Waals surface area contributed by atoms with Crippen LogP contribution in [0.5, 0.6) is 0 Å². The van der Waals surface area contributed by atoms with E-state index < -0.39 is 6.17 Å². The number of halogens is 1. The molecule has 1 saturated carbocycles. The molecule has 5 rings (SSSR count). The molecule has 0 radical (unpaired) electrons. The molecule has 2 aliphatic heterocycles. The van der Waals surface area contributed by atoms with Gasteiger partial charge in [0.1, 0.15) is 18.3 Å². The molecule has 8 nitrogen and oxygen atoms in total. The zero-order valence-electron chi connectivity index (χ0n) is 16.6. The molecule has 3 aliphatic rings. The molecule has 3 N–H and O–H groups in total. The van der Waals surface area contributed by atoms with Crippen molar-refractivity contribution in [2.75, 3.05) is 24.6 Å². The summed E-state index contributed by atoms with van der Waals surface area (Å²) in [5.74, 6) is 1.32. The van der Waals surface area contributed by atoms with Gasteiger partial charge in [-0.25, -0.2) is 19.8 Å². The Morgan fingerprint density at radius 1 is 1.28 bits per heavy atom. The molecule has 2 aromatic heterocycles. The summed E-state index contributed by atoms with van der Waals surface area (Å²) >= 11 is 0. The number of aliphatic hydroxyl groups excluding tert-OH is 1. The van der Waals surface area contributed by atoms with Gasteiger partial charge < -0.3 is 10.0 Å². The van der Waals surface area contributed by atoms with Crippen LogP contribution < -0.4 is 15.8 Å². The van der Waals surface area contributed by atoms with Gasteiger partial charge in [0.05, 0.1) is 17.9 Å². The lowest BCUT2D eigenvalue weighted by Gasteiger charge is -2.35. The Hall–Kier alpha value is -2.10. The molecule has 0 bridgehead atoms. The van der Waals surface area contributed by atoms with Crippen molar-refractivity contribution >= 4 is 5.82 Å². The van der Waals surface area contributed by atoms with E-state index in [9.17, 15) is 9.50 Å². The van der Waals surface area contributed by atoms with E-state index in [1.165, 1.54) is 0 Å². The molecule has 2 aromatic rings. The van der Waals surface area contributed by atoms with Crippen LogP contribution >= 0.6 is 0 Å². The minimum Gasteiger partial charge on any atom is -0.396 e. The van der Waals surface area contributed by atoms with E-state index >= 15 is 0 Å². The topological polar surface area (TPSA) is 91.1 Å². The van der Waals surface area contributed by atoms with Gasteiger partial charge in [-0.1, -0.05) is 0 Å². The molecular weight excluding hydrogens is 373 g/mol. The van der Waals surface area contributed by atoms with E-state index in [0.29, 0.717) is 12.3 Å². The first kappa shape index (κ1) is 18.9. The SMILES string of the molecule is Cn1cc(C2CC3C(CC2F)NNC3c2cc(N3CC[C@@H](CO)C3)ncn2)cn1. The maximum Gasteiger partial charge on any atom is 0.132 e. The second-order valence-corrected chi connectivity index (χ2v) is 8.66. The van der Waals surface area contributed by atoms with Crippen molar-refractivity contribution in [1.82, 2.24) is 30.6 Å². The average molecular weight is 401 g/mol.